The number of halogens is 2. The summed E-state index contributed by atoms with van der Waals surface area (Å²) in [7, 11) is 9.75. The van der Waals surface area contributed by atoms with E-state index in [-0.39, 0.29) is 12.3 Å². The van der Waals surface area contributed by atoms with Crippen LogP contribution in [0.1, 0.15) is 0 Å². The third-order valence-electron chi connectivity index (χ3n) is 0. The Labute approximate surface area is 47.8 Å². The largest absolute Gasteiger partial charge is 0 e. The second-order valence-electron chi connectivity index (χ2n) is 0.0452. The van der Waals surface area contributed by atoms with Gasteiger partial charge in [0.2, 0.25) is 0 Å². The topological polar surface area (TPSA) is 61.0 Å². The Bertz CT molecular complexity index is 7.61. The van der Waals surface area contributed by atoms with Crippen LogP contribution in [-0.2, 0) is 16.5 Å². The van der Waals surface area contributed by atoms with E-state index in [1.165, 1.54) is 0 Å². The summed E-state index contributed by atoms with van der Waals surface area (Å²) in [5.41, 5.74) is 0. The number of hydrogen-bond donors (Lipinski definition) is 0. The fourth-order valence-corrected chi connectivity index (χ4v) is 0. The Hall–Kier alpha value is 1.19. The molecule has 0 N–H and O–H groups in total. The molecule has 0 saturated carbocycles. The molecule has 0 rings (SSSR count). The van der Waals surface area contributed by atoms with Gasteiger partial charge in [-0.05, 0) is 0 Å². The summed E-state index contributed by atoms with van der Waals surface area (Å²) < 4.78 is 0. The van der Waals surface area contributed by atoms with Crippen molar-refractivity contribution in [3.05, 3.63) is 0 Å². The molecule has 0 aliphatic carbocycles. The fourth-order valence-electron chi connectivity index (χ4n) is 0. The Balaban J connectivity index is -0.0000000200. The van der Waals surface area contributed by atoms with Gasteiger partial charge in [-0.25, -0.2) is 0 Å². The van der Waals surface area contributed by atoms with Crippen LogP contribution in [-0.4, -0.2) is 0 Å². The Morgan fingerprint density at radius 3 is 1.00 bits per heavy atom. The first-order valence-corrected chi connectivity index (χ1v) is 5.87. The first kappa shape index (κ1) is 16.4. The molecule has 0 aromatic heterocycles. The number of hydrogen-bond acceptors (Lipinski definition) is 0. The minimum atomic E-state index is -0.472. The standard InChI is InChI=1S/2ClH.2N.Pt/h2*1H;;;/q;;;;+2/p-2. The summed E-state index contributed by atoms with van der Waals surface area (Å²) in [5, 5.41) is 0. The summed E-state index contributed by atoms with van der Waals surface area (Å²) in [4.78, 5) is 0. The first-order chi connectivity index (χ1) is 1.41. The number of rotatable bonds is 0. The van der Waals surface area contributed by atoms with Gasteiger partial charge in [0.05, 0.1) is 0 Å². The van der Waals surface area contributed by atoms with Crippen LogP contribution in [0.2, 0.25) is 0 Å². The fraction of sp³-hybridized carbons (Fsp3) is 0. The van der Waals surface area contributed by atoms with Gasteiger partial charge in [-0.2, -0.15) is 0 Å². The van der Waals surface area contributed by atoms with Gasteiger partial charge in [-0.3, -0.25) is 0 Å². The first-order valence-electron chi connectivity index (χ1n) is 0.239. The molecule has 5 heavy (non-hydrogen) atoms. The van der Waals surface area contributed by atoms with Crippen LogP contribution >= 0.6 is 18.8 Å². The summed E-state index contributed by atoms with van der Waals surface area (Å²) >= 11 is -0.472. The molecule has 6 radical (unpaired) electrons. The van der Waals surface area contributed by atoms with E-state index in [0.29, 0.717) is 0 Å². The molecule has 0 aromatic rings. The van der Waals surface area contributed by atoms with E-state index >= 15 is 0 Å². The van der Waals surface area contributed by atoms with Crippen molar-refractivity contribution in [2.75, 3.05) is 0 Å². The molecule has 0 aromatic carbocycles. The van der Waals surface area contributed by atoms with Crippen molar-refractivity contribution < 1.29 is 16.5 Å². The summed E-state index contributed by atoms with van der Waals surface area (Å²) in [5.74, 6) is 0. The molecule has 0 amide bonds. The van der Waals surface area contributed by atoms with Crippen molar-refractivity contribution >= 4 is 18.8 Å². The van der Waals surface area contributed by atoms with Gasteiger partial charge in [0, 0.05) is 12.3 Å². The minimum absolute atomic E-state index is 0. The van der Waals surface area contributed by atoms with Gasteiger partial charge in [-0.15, -0.1) is 0 Å². The molecule has 0 spiro atoms. The SMILES string of the molecule is [Cl][Pt][Cl].[N].[N]. The molecule has 0 bridgehead atoms. The zero-order valence-electron chi connectivity index (χ0n) is 1.97. The molecular formula is Cl2N2Pt. The van der Waals surface area contributed by atoms with Crippen molar-refractivity contribution in [3.8, 4) is 0 Å². The molecule has 0 unspecified atom stereocenters. The second-order valence-corrected chi connectivity index (χ2v) is 3.33. The van der Waals surface area contributed by atoms with Crippen molar-refractivity contribution in [1.29, 1.82) is 0 Å². The Kier molecular flexibility index (Phi) is 62.3. The van der Waals surface area contributed by atoms with Gasteiger partial charge >= 0.3 is 35.3 Å². The zero-order chi connectivity index (χ0) is 2.71. The third-order valence-corrected chi connectivity index (χ3v) is 0. The van der Waals surface area contributed by atoms with Gasteiger partial charge in [-0.1, -0.05) is 0 Å². The average molecular weight is 294 g/mol. The molecule has 0 saturated heterocycles. The van der Waals surface area contributed by atoms with Crippen molar-refractivity contribution in [3.63, 3.8) is 0 Å². The van der Waals surface area contributed by atoms with Gasteiger partial charge in [0.15, 0.2) is 0 Å². The average Bonchev–Trinajstić information content (AvgIpc) is 0.918. The van der Waals surface area contributed by atoms with E-state index in [1.807, 2.05) is 0 Å². The molecule has 0 atom stereocenters. The molecule has 2 nitrogen and oxygen atoms in total. The maximum Gasteiger partial charge on any atom is 0 e. The summed E-state index contributed by atoms with van der Waals surface area (Å²) in [6.07, 6.45) is 0. The van der Waals surface area contributed by atoms with E-state index < -0.39 is 16.5 Å². The van der Waals surface area contributed by atoms with Crippen LogP contribution in [0.3, 0.4) is 0 Å². The normalized spacial score (nSPS) is 4.40. The predicted octanol–water partition coefficient (Wildman–Crippen LogP) is 0.415. The van der Waals surface area contributed by atoms with E-state index in [2.05, 4.69) is 0 Å². The van der Waals surface area contributed by atoms with Crippen LogP contribution in [0.5, 0.6) is 0 Å². The van der Waals surface area contributed by atoms with Crippen LogP contribution in [0.25, 0.3) is 0 Å². The van der Waals surface area contributed by atoms with Crippen molar-refractivity contribution in [2.24, 2.45) is 0 Å². The van der Waals surface area contributed by atoms with Crippen LogP contribution in [0.15, 0.2) is 0 Å². The molecule has 5 heteroatoms. The smallest absolute Gasteiger partial charge is 0 e. The monoisotopic (exact) mass is 293 g/mol. The molecule has 0 aliphatic heterocycles. The quantitative estimate of drug-likeness (QED) is 0.621. The van der Waals surface area contributed by atoms with Crippen LogP contribution in [0.4, 0.5) is 0 Å². The maximum atomic E-state index is 4.88. The van der Waals surface area contributed by atoms with Gasteiger partial charge in [0.25, 0.3) is 0 Å². The van der Waals surface area contributed by atoms with E-state index in [4.69, 9.17) is 18.8 Å². The van der Waals surface area contributed by atoms with E-state index in [1.54, 1.807) is 0 Å². The van der Waals surface area contributed by atoms with Crippen molar-refractivity contribution in [2.45, 2.75) is 0 Å². The van der Waals surface area contributed by atoms with E-state index in [9.17, 15) is 0 Å². The minimum Gasteiger partial charge on any atom is 0 e. The summed E-state index contributed by atoms with van der Waals surface area (Å²) in [6.45, 7) is 0. The van der Waals surface area contributed by atoms with Gasteiger partial charge in [0.1, 0.15) is 0 Å². The predicted molar refractivity (Wildman–Crippen MR) is 16.0 cm³/mol. The Morgan fingerprint density at radius 1 is 1.00 bits per heavy atom. The van der Waals surface area contributed by atoms with Crippen molar-refractivity contribution in [1.82, 2.24) is 12.3 Å². The maximum absolute atomic E-state index is 4.88. The molecule has 0 fully saturated rings. The molecular weight excluding hydrogens is 294 g/mol. The van der Waals surface area contributed by atoms with E-state index in [0.717, 1.165) is 0 Å². The van der Waals surface area contributed by atoms with Crippen LogP contribution in [0, 0.1) is 0 Å². The Morgan fingerprint density at radius 2 is 1.00 bits per heavy atom. The number of nitrogens with zero attached hydrogens (tertiary/aromatic N) is 2. The molecule has 0 aliphatic rings. The third kappa shape index (κ3) is 37.3. The summed E-state index contributed by atoms with van der Waals surface area (Å²) in [6, 6.07) is 0. The van der Waals surface area contributed by atoms with Gasteiger partial charge < -0.3 is 0 Å². The second kappa shape index (κ2) is 19.0. The van der Waals surface area contributed by atoms with Crippen LogP contribution < -0.4 is 12.3 Å². The molecule has 34 valence electrons. The molecule has 0 heterocycles. The zero-order valence-corrected chi connectivity index (χ0v) is 5.75.